The molecule has 0 unspecified atom stereocenters. The van der Waals surface area contributed by atoms with Gasteiger partial charge in [-0.3, -0.25) is 9.59 Å². The van der Waals surface area contributed by atoms with Crippen LogP contribution in [-0.4, -0.2) is 36.5 Å². The molecule has 0 saturated carbocycles. The summed E-state index contributed by atoms with van der Waals surface area (Å²) in [6.07, 6.45) is 5.09. The number of ether oxygens (including phenoxy) is 1. The van der Waals surface area contributed by atoms with Crippen LogP contribution in [0.1, 0.15) is 29.5 Å². The Bertz CT molecular complexity index is 535. The SMILES string of the molecule is CCOC(=O)[C@@H]1CCCN(C(=O)/C=C/c2ccc(C)s2)C1. The van der Waals surface area contributed by atoms with Crippen LogP contribution in [0.5, 0.6) is 0 Å². The predicted octanol–water partition coefficient (Wildman–Crippen LogP) is 2.87. The molecule has 0 bridgehead atoms. The zero-order chi connectivity index (χ0) is 15.2. The van der Waals surface area contributed by atoms with E-state index in [1.165, 1.54) is 4.88 Å². The van der Waals surface area contributed by atoms with Crippen LogP contribution in [0.3, 0.4) is 0 Å². The van der Waals surface area contributed by atoms with Gasteiger partial charge in [0.25, 0.3) is 0 Å². The Labute approximate surface area is 129 Å². The van der Waals surface area contributed by atoms with Crippen molar-refractivity contribution in [2.24, 2.45) is 5.92 Å². The number of likely N-dealkylation sites (tertiary alicyclic amines) is 1. The maximum atomic E-state index is 12.2. The molecule has 4 nitrogen and oxygen atoms in total. The highest BCUT2D eigenvalue weighted by Gasteiger charge is 2.28. The summed E-state index contributed by atoms with van der Waals surface area (Å²) in [6.45, 7) is 5.41. The third-order valence-electron chi connectivity index (χ3n) is 3.50. The van der Waals surface area contributed by atoms with Crippen LogP contribution in [-0.2, 0) is 14.3 Å². The van der Waals surface area contributed by atoms with Crippen LogP contribution in [0.2, 0.25) is 0 Å². The maximum absolute atomic E-state index is 12.2. The lowest BCUT2D eigenvalue weighted by Gasteiger charge is -2.30. The molecule has 1 aliphatic heterocycles. The van der Waals surface area contributed by atoms with Gasteiger partial charge in [0.1, 0.15) is 0 Å². The number of aryl methyl sites for hydroxylation is 1. The van der Waals surface area contributed by atoms with Crippen molar-refractivity contribution in [1.82, 2.24) is 4.90 Å². The topological polar surface area (TPSA) is 46.6 Å². The molecule has 114 valence electrons. The summed E-state index contributed by atoms with van der Waals surface area (Å²) in [5, 5.41) is 0. The van der Waals surface area contributed by atoms with Gasteiger partial charge in [0.05, 0.1) is 12.5 Å². The highest BCUT2D eigenvalue weighted by molar-refractivity contribution is 7.12. The molecule has 0 radical (unpaired) electrons. The van der Waals surface area contributed by atoms with Crippen molar-refractivity contribution in [1.29, 1.82) is 0 Å². The summed E-state index contributed by atoms with van der Waals surface area (Å²) in [5.74, 6) is -0.400. The Morgan fingerprint density at radius 1 is 1.48 bits per heavy atom. The Morgan fingerprint density at radius 3 is 2.95 bits per heavy atom. The summed E-state index contributed by atoms with van der Waals surface area (Å²) in [6, 6.07) is 4.04. The van der Waals surface area contributed by atoms with E-state index < -0.39 is 0 Å². The molecule has 0 aromatic carbocycles. The zero-order valence-corrected chi connectivity index (χ0v) is 13.3. The summed E-state index contributed by atoms with van der Waals surface area (Å²) in [4.78, 5) is 28.0. The molecule has 0 aliphatic carbocycles. The van der Waals surface area contributed by atoms with Gasteiger partial charge in [-0.25, -0.2) is 0 Å². The van der Waals surface area contributed by atoms with Gasteiger partial charge in [-0.1, -0.05) is 0 Å². The Kier molecular flexibility index (Phi) is 5.56. The Morgan fingerprint density at radius 2 is 2.29 bits per heavy atom. The van der Waals surface area contributed by atoms with Gasteiger partial charge in [-0.15, -0.1) is 11.3 Å². The van der Waals surface area contributed by atoms with Crippen LogP contribution in [0.25, 0.3) is 6.08 Å². The molecule has 5 heteroatoms. The number of hydrogen-bond acceptors (Lipinski definition) is 4. The fourth-order valence-corrected chi connectivity index (χ4v) is 3.21. The van der Waals surface area contributed by atoms with Gasteiger partial charge in [0, 0.05) is 28.9 Å². The first-order valence-electron chi connectivity index (χ1n) is 7.30. The number of rotatable bonds is 4. The molecule has 1 aromatic rings. The number of nitrogens with zero attached hydrogens (tertiary/aromatic N) is 1. The highest BCUT2D eigenvalue weighted by atomic mass is 32.1. The van der Waals surface area contributed by atoms with E-state index in [9.17, 15) is 9.59 Å². The van der Waals surface area contributed by atoms with Crippen LogP contribution >= 0.6 is 11.3 Å². The molecule has 0 spiro atoms. The van der Waals surface area contributed by atoms with Gasteiger partial charge in [-0.05, 0) is 44.9 Å². The van der Waals surface area contributed by atoms with Crippen molar-refractivity contribution in [3.05, 3.63) is 28.0 Å². The molecular weight excluding hydrogens is 286 g/mol. The van der Waals surface area contributed by atoms with E-state index in [4.69, 9.17) is 4.74 Å². The minimum atomic E-state index is -0.187. The molecule has 1 aromatic heterocycles. The van der Waals surface area contributed by atoms with E-state index in [2.05, 4.69) is 0 Å². The quantitative estimate of drug-likeness (QED) is 0.635. The first kappa shape index (κ1) is 15.8. The average Bonchev–Trinajstić information content (AvgIpc) is 2.91. The van der Waals surface area contributed by atoms with E-state index in [0.717, 1.165) is 17.7 Å². The first-order chi connectivity index (χ1) is 10.1. The van der Waals surface area contributed by atoms with Crippen LogP contribution in [0.4, 0.5) is 0 Å². The standard InChI is InChI=1S/C16H21NO3S/c1-3-20-16(19)13-5-4-10-17(11-13)15(18)9-8-14-7-6-12(2)21-14/h6-9,13H,3-5,10-11H2,1-2H3/b9-8+/t13-/m1/s1. The number of carbonyl (C=O) groups excluding carboxylic acids is 2. The minimum Gasteiger partial charge on any atom is -0.466 e. The number of piperidine rings is 1. The number of hydrogen-bond donors (Lipinski definition) is 0. The van der Waals surface area contributed by atoms with Gasteiger partial charge in [0.15, 0.2) is 0 Å². The van der Waals surface area contributed by atoms with Crippen LogP contribution in [0.15, 0.2) is 18.2 Å². The summed E-state index contributed by atoms with van der Waals surface area (Å²) >= 11 is 1.66. The second-order valence-electron chi connectivity index (χ2n) is 5.16. The van der Waals surface area contributed by atoms with Gasteiger partial charge >= 0.3 is 5.97 Å². The van der Waals surface area contributed by atoms with Gasteiger partial charge in [0.2, 0.25) is 5.91 Å². The van der Waals surface area contributed by atoms with Crippen molar-refractivity contribution in [2.45, 2.75) is 26.7 Å². The Balaban J connectivity index is 1.92. The maximum Gasteiger partial charge on any atom is 0.310 e. The normalized spacial score (nSPS) is 19.0. The summed E-state index contributed by atoms with van der Waals surface area (Å²) in [7, 11) is 0. The number of carbonyl (C=O) groups is 2. The van der Waals surface area contributed by atoms with Crippen LogP contribution in [0, 0.1) is 12.8 Å². The molecular formula is C16H21NO3S. The molecule has 1 saturated heterocycles. The number of amides is 1. The third-order valence-corrected chi connectivity index (χ3v) is 4.47. The average molecular weight is 307 g/mol. The van der Waals surface area contributed by atoms with Crippen molar-refractivity contribution < 1.29 is 14.3 Å². The monoisotopic (exact) mass is 307 g/mol. The van der Waals surface area contributed by atoms with Gasteiger partial charge < -0.3 is 9.64 Å². The largest absolute Gasteiger partial charge is 0.466 e. The lowest BCUT2D eigenvalue weighted by Crippen LogP contribution is -2.42. The third kappa shape index (κ3) is 4.43. The highest BCUT2D eigenvalue weighted by Crippen LogP contribution is 2.20. The lowest BCUT2D eigenvalue weighted by atomic mass is 9.98. The summed E-state index contributed by atoms with van der Waals surface area (Å²) in [5.41, 5.74) is 0. The van der Waals surface area contributed by atoms with E-state index in [0.29, 0.717) is 19.7 Å². The molecule has 1 aliphatic rings. The van der Waals surface area contributed by atoms with Crippen molar-refractivity contribution in [2.75, 3.05) is 19.7 Å². The molecule has 0 N–H and O–H groups in total. The summed E-state index contributed by atoms with van der Waals surface area (Å²) < 4.78 is 5.05. The molecule has 21 heavy (non-hydrogen) atoms. The fourth-order valence-electron chi connectivity index (χ4n) is 2.43. The van der Waals surface area contributed by atoms with Gasteiger partial charge in [-0.2, -0.15) is 0 Å². The fraction of sp³-hybridized carbons (Fsp3) is 0.500. The molecule has 2 heterocycles. The van der Waals surface area contributed by atoms with E-state index in [1.54, 1.807) is 29.2 Å². The molecule has 1 amide bonds. The van der Waals surface area contributed by atoms with E-state index in [1.807, 2.05) is 25.1 Å². The second kappa shape index (κ2) is 7.41. The Hall–Kier alpha value is -1.62. The van der Waals surface area contributed by atoms with Crippen molar-refractivity contribution >= 4 is 29.3 Å². The minimum absolute atomic E-state index is 0.0324. The number of thiophene rings is 1. The van der Waals surface area contributed by atoms with Crippen LogP contribution < -0.4 is 0 Å². The second-order valence-corrected chi connectivity index (χ2v) is 6.48. The molecule has 1 fully saturated rings. The van der Waals surface area contributed by atoms with E-state index in [-0.39, 0.29) is 17.8 Å². The molecule has 2 rings (SSSR count). The van der Waals surface area contributed by atoms with E-state index >= 15 is 0 Å². The zero-order valence-electron chi connectivity index (χ0n) is 12.5. The predicted molar refractivity (Wildman–Crippen MR) is 84.0 cm³/mol. The smallest absolute Gasteiger partial charge is 0.310 e. The lowest BCUT2D eigenvalue weighted by molar-refractivity contribution is -0.150. The molecule has 1 atom stereocenters. The van der Waals surface area contributed by atoms with Crippen molar-refractivity contribution in [3.8, 4) is 0 Å². The first-order valence-corrected chi connectivity index (χ1v) is 8.12. The number of esters is 1. The van der Waals surface area contributed by atoms with Crippen molar-refractivity contribution in [3.63, 3.8) is 0 Å².